The number of hydrogen-bond donors (Lipinski definition) is 1. The number of anilines is 1. The molecule has 0 saturated carbocycles. The molecule has 0 radical (unpaired) electrons. The number of rotatable bonds is 5. The summed E-state index contributed by atoms with van der Waals surface area (Å²) in [7, 11) is 0. The Balaban J connectivity index is 1.50. The van der Waals surface area contributed by atoms with Crippen LogP contribution in [-0.4, -0.2) is 11.8 Å². The van der Waals surface area contributed by atoms with Gasteiger partial charge in [-0.2, -0.15) is 0 Å². The SMILES string of the molecule is O=C1NN(c2ccccc2)C(=O)/C1=C/c1cccc(OCc2ccc(F)cc2)c1. The Morgan fingerprint density at radius 2 is 1.69 bits per heavy atom. The lowest BCUT2D eigenvalue weighted by atomic mass is 10.1. The molecule has 2 amide bonds. The van der Waals surface area contributed by atoms with Gasteiger partial charge in [-0.25, -0.2) is 9.40 Å². The summed E-state index contributed by atoms with van der Waals surface area (Å²) in [5.74, 6) is -0.601. The van der Waals surface area contributed by atoms with Gasteiger partial charge in [-0.15, -0.1) is 0 Å². The third-order valence-electron chi connectivity index (χ3n) is 4.39. The van der Waals surface area contributed by atoms with Gasteiger partial charge in [-0.3, -0.25) is 15.0 Å². The lowest BCUT2D eigenvalue weighted by Crippen LogP contribution is -2.35. The first-order valence-electron chi connectivity index (χ1n) is 9.00. The number of hydrazine groups is 1. The molecule has 1 fully saturated rings. The van der Waals surface area contributed by atoms with Crippen LogP contribution >= 0.6 is 0 Å². The third kappa shape index (κ3) is 4.16. The number of nitrogens with one attached hydrogen (secondary N) is 1. The van der Waals surface area contributed by atoms with E-state index in [9.17, 15) is 14.0 Å². The van der Waals surface area contributed by atoms with Crippen LogP contribution in [0.25, 0.3) is 6.08 Å². The molecular weight excluding hydrogens is 371 g/mol. The summed E-state index contributed by atoms with van der Waals surface area (Å²) in [6.45, 7) is 0.279. The minimum atomic E-state index is -0.462. The molecule has 3 aromatic carbocycles. The van der Waals surface area contributed by atoms with E-state index in [1.54, 1.807) is 60.7 Å². The van der Waals surface area contributed by atoms with E-state index in [1.165, 1.54) is 23.2 Å². The molecule has 5 nitrogen and oxygen atoms in total. The molecule has 1 aliphatic heterocycles. The predicted molar refractivity (Wildman–Crippen MR) is 107 cm³/mol. The van der Waals surface area contributed by atoms with Gasteiger partial charge in [0.2, 0.25) is 0 Å². The fraction of sp³-hybridized carbons (Fsp3) is 0.0435. The molecular formula is C23H17FN2O3. The van der Waals surface area contributed by atoms with Gasteiger partial charge in [-0.05, 0) is 53.6 Å². The predicted octanol–water partition coefficient (Wildman–Crippen LogP) is 3.87. The van der Waals surface area contributed by atoms with Gasteiger partial charge in [0.05, 0.1) is 5.69 Å². The zero-order valence-electron chi connectivity index (χ0n) is 15.3. The number of amides is 2. The maximum absolute atomic E-state index is 13.0. The van der Waals surface area contributed by atoms with Crippen molar-refractivity contribution in [3.63, 3.8) is 0 Å². The summed E-state index contributed by atoms with van der Waals surface area (Å²) in [5.41, 5.74) is 4.70. The van der Waals surface area contributed by atoms with E-state index >= 15 is 0 Å². The molecule has 0 aromatic heterocycles. The van der Waals surface area contributed by atoms with Crippen LogP contribution in [-0.2, 0) is 16.2 Å². The Bertz CT molecular complexity index is 1080. The summed E-state index contributed by atoms with van der Waals surface area (Å²) in [6.07, 6.45) is 1.53. The quantitative estimate of drug-likeness (QED) is 0.533. The lowest BCUT2D eigenvalue weighted by Gasteiger charge is -2.13. The van der Waals surface area contributed by atoms with Gasteiger partial charge in [0, 0.05) is 0 Å². The van der Waals surface area contributed by atoms with E-state index in [-0.39, 0.29) is 18.0 Å². The van der Waals surface area contributed by atoms with Crippen LogP contribution in [0.3, 0.4) is 0 Å². The van der Waals surface area contributed by atoms with Crippen molar-refractivity contribution in [2.45, 2.75) is 6.61 Å². The number of ether oxygens (including phenoxy) is 1. The van der Waals surface area contributed by atoms with Crippen molar-refractivity contribution < 1.29 is 18.7 Å². The largest absolute Gasteiger partial charge is 0.489 e. The van der Waals surface area contributed by atoms with Crippen molar-refractivity contribution >= 4 is 23.6 Å². The number of carbonyl (C=O) groups is 2. The van der Waals surface area contributed by atoms with Gasteiger partial charge in [0.25, 0.3) is 11.8 Å². The van der Waals surface area contributed by atoms with Gasteiger partial charge in [-0.1, -0.05) is 42.5 Å². The highest BCUT2D eigenvalue weighted by atomic mass is 19.1. The van der Waals surface area contributed by atoms with Crippen molar-refractivity contribution in [3.8, 4) is 5.75 Å². The van der Waals surface area contributed by atoms with Crippen LogP contribution in [0.15, 0.2) is 84.4 Å². The zero-order chi connectivity index (χ0) is 20.2. The highest BCUT2D eigenvalue weighted by Crippen LogP contribution is 2.23. The fourth-order valence-corrected chi connectivity index (χ4v) is 2.92. The van der Waals surface area contributed by atoms with Crippen molar-refractivity contribution in [2.75, 3.05) is 5.01 Å². The zero-order valence-corrected chi connectivity index (χ0v) is 15.3. The topological polar surface area (TPSA) is 58.6 Å². The molecule has 1 N–H and O–H groups in total. The smallest absolute Gasteiger partial charge is 0.282 e. The van der Waals surface area contributed by atoms with E-state index in [1.807, 2.05) is 6.07 Å². The van der Waals surface area contributed by atoms with Crippen molar-refractivity contribution in [1.29, 1.82) is 0 Å². The maximum atomic E-state index is 13.0. The number of nitrogens with zero attached hydrogens (tertiary/aromatic N) is 1. The molecule has 0 atom stereocenters. The highest BCUT2D eigenvalue weighted by Gasteiger charge is 2.34. The van der Waals surface area contributed by atoms with Gasteiger partial charge >= 0.3 is 0 Å². The molecule has 1 aliphatic rings. The second-order valence-electron chi connectivity index (χ2n) is 6.46. The number of halogens is 1. The summed E-state index contributed by atoms with van der Waals surface area (Å²) in [4.78, 5) is 24.9. The van der Waals surface area contributed by atoms with Gasteiger partial charge in [0.1, 0.15) is 23.7 Å². The Hall–Kier alpha value is -3.93. The molecule has 0 aliphatic carbocycles. The summed E-state index contributed by atoms with van der Waals surface area (Å²) < 4.78 is 18.7. The molecule has 29 heavy (non-hydrogen) atoms. The van der Waals surface area contributed by atoms with E-state index in [4.69, 9.17) is 4.74 Å². The summed E-state index contributed by atoms with van der Waals surface area (Å²) in [6, 6.07) is 22.0. The Labute approximate surface area is 167 Å². The number of para-hydroxylation sites is 1. The fourth-order valence-electron chi connectivity index (χ4n) is 2.92. The molecule has 144 valence electrons. The van der Waals surface area contributed by atoms with Crippen LogP contribution in [0.5, 0.6) is 5.75 Å². The first kappa shape index (κ1) is 18.4. The average molecular weight is 388 g/mol. The summed E-state index contributed by atoms with van der Waals surface area (Å²) >= 11 is 0. The summed E-state index contributed by atoms with van der Waals surface area (Å²) in [5, 5.41) is 1.23. The second kappa shape index (κ2) is 7.98. The van der Waals surface area contributed by atoms with Crippen molar-refractivity contribution in [2.24, 2.45) is 0 Å². The van der Waals surface area contributed by atoms with E-state index in [0.29, 0.717) is 17.0 Å². The normalized spacial score (nSPS) is 14.9. The first-order chi connectivity index (χ1) is 14.1. The van der Waals surface area contributed by atoms with Crippen LogP contribution in [0.4, 0.5) is 10.1 Å². The minimum Gasteiger partial charge on any atom is -0.489 e. The first-order valence-corrected chi connectivity index (χ1v) is 9.00. The molecule has 3 aromatic rings. The Morgan fingerprint density at radius 3 is 2.45 bits per heavy atom. The van der Waals surface area contributed by atoms with Crippen LogP contribution in [0.2, 0.25) is 0 Å². The monoisotopic (exact) mass is 388 g/mol. The van der Waals surface area contributed by atoms with Crippen molar-refractivity contribution in [1.82, 2.24) is 5.43 Å². The molecule has 6 heteroatoms. The molecule has 1 heterocycles. The van der Waals surface area contributed by atoms with Gasteiger partial charge in [0.15, 0.2) is 0 Å². The lowest BCUT2D eigenvalue weighted by molar-refractivity contribution is -0.117. The van der Waals surface area contributed by atoms with E-state index < -0.39 is 11.8 Å². The standard InChI is InChI=1S/C23H17FN2O3/c24-18-11-9-16(10-12-18)15-29-20-8-4-5-17(13-20)14-21-22(27)25-26(23(21)28)19-6-2-1-3-7-19/h1-14H,15H2,(H,25,27)/b21-14+. The van der Waals surface area contributed by atoms with Crippen LogP contribution in [0, 0.1) is 5.82 Å². The maximum Gasteiger partial charge on any atom is 0.282 e. The second-order valence-corrected chi connectivity index (χ2v) is 6.46. The number of benzene rings is 3. The van der Waals surface area contributed by atoms with E-state index in [2.05, 4.69) is 5.43 Å². The molecule has 1 saturated heterocycles. The molecule has 0 bridgehead atoms. The van der Waals surface area contributed by atoms with Crippen LogP contribution < -0.4 is 15.2 Å². The Kier molecular flexibility index (Phi) is 5.07. The van der Waals surface area contributed by atoms with Crippen LogP contribution in [0.1, 0.15) is 11.1 Å². The number of carbonyl (C=O) groups excluding carboxylic acids is 2. The molecule has 0 spiro atoms. The van der Waals surface area contributed by atoms with Gasteiger partial charge < -0.3 is 4.74 Å². The van der Waals surface area contributed by atoms with E-state index in [0.717, 1.165) is 5.56 Å². The third-order valence-corrected chi connectivity index (χ3v) is 4.39. The van der Waals surface area contributed by atoms with Crippen molar-refractivity contribution in [3.05, 3.63) is 101 Å². The minimum absolute atomic E-state index is 0.0459. The Morgan fingerprint density at radius 1 is 0.931 bits per heavy atom. The average Bonchev–Trinajstić information content (AvgIpc) is 3.03. The molecule has 0 unspecified atom stereocenters. The molecule has 4 rings (SSSR count). The number of hydrogen-bond acceptors (Lipinski definition) is 3. The highest BCUT2D eigenvalue weighted by molar-refractivity contribution is 6.31.